The SMILES string of the molecule is CCCN(CCO)c1ncnc2c1CCCCC2. The normalized spacial score (nSPS) is 15.0. The van der Waals surface area contributed by atoms with Gasteiger partial charge in [0.25, 0.3) is 0 Å². The third-order valence-corrected chi connectivity index (χ3v) is 3.52. The highest BCUT2D eigenvalue weighted by molar-refractivity contribution is 5.49. The highest BCUT2D eigenvalue weighted by Gasteiger charge is 2.18. The summed E-state index contributed by atoms with van der Waals surface area (Å²) in [5.74, 6) is 1.05. The van der Waals surface area contributed by atoms with E-state index in [4.69, 9.17) is 0 Å². The van der Waals surface area contributed by atoms with Crippen LogP contribution in [0.1, 0.15) is 43.9 Å². The predicted octanol–water partition coefficient (Wildman–Crippen LogP) is 1.95. The molecule has 0 spiro atoms. The highest BCUT2D eigenvalue weighted by atomic mass is 16.3. The maximum absolute atomic E-state index is 9.20. The highest BCUT2D eigenvalue weighted by Crippen LogP contribution is 2.26. The molecule has 0 radical (unpaired) electrons. The quantitative estimate of drug-likeness (QED) is 0.810. The van der Waals surface area contributed by atoms with E-state index in [0.29, 0.717) is 6.54 Å². The van der Waals surface area contributed by atoms with Gasteiger partial charge in [-0.1, -0.05) is 13.3 Å². The fourth-order valence-corrected chi connectivity index (χ4v) is 2.67. The first kappa shape index (κ1) is 13.3. The first-order valence-corrected chi connectivity index (χ1v) is 7.05. The van der Waals surface area contributed by atoms with Gasteiger partial charge < -0.3 is 10.0 Å². The van der Waals surface area contributed by atoms with Crippen molar-refractivity contribution >= 4 is 5.82 Å². The zero-order chi connectivity index (χ0) is 12.8. The van der Waals surface area contributed by atoms with Gasteiger partial charge in [-0.05, 0) is 32.1 Å². The predicted molar refractivity (Wildman–Crippen MR) is 72.9 cm³/mol. The Morgan fingerprint density at radius 1 is 1.17 bits per heavy atom. The molecule has 0 fully saturated rings. The number of rotatable bonds is 5. The third-order valence-electron chi connectivity index (χ3n) is 3.52. The van der Waals surface area contributed by atoms with Crippen LogP contribution in [0.5, 0.6) is 0 Å². The van der Waals surface area contributed by atoms with E-state index in [2.05, 4.69) is 21.8 Å². The fraction of sp³-hybridized carbons (Fsp3) is 0.714. The van der Waals surface area contributed by atoms with Gasteiger partial charge in [0.1, 0.15) is 12.1 Å². The third kappa shape index (κ3) is 2.99. The molecule has 1 N–H and O–H groups in total. The molecule has 0 bridgehead atoms. The van der Waals surface area contributed by atoms with Gasteiger partial charge in [0.05, 0.1) is 6.61 Å². The molecule has 0 saturated carbocycles. The summed E-state index contributed by atoms with van der Waals surface area (Å²) in [5, 5.41) is 9.20. The molecule has 4 nitrogen and oxygen atoms in total. The molecule has 1 aromatic heterocycles. The Bertz CT molecular complexity index is 375. The first-order chi connectivity index (χ1) is 8.86. The van der Waals surface area contributed by atoms with Gasteiger partial charge in [-0.3, -0.25) is 0 Å². The zero-order valence-electron chi connectivity index (χ0n) is 11.2. The second-order valence-electron chi connectivity index (χ2n) is 4.89. The van der Waals surface area contributed by atoms with Crippen molar-refractivity contribution in [2.75, 3.05) is 24.6 Å². The fourth-order valence-electron chi connectivity index (χ4n) is 2.67. The van der Waals surface area contributed by atoms with Gasteiger partial charge in [-0.25, -0.2) is 9.97 Å². The molecule has 0 amide bonds. The summed E-state index contributed by atoms with van der Waals surface area (Å²) < 4.78 is 0. The zero-order valence-corrected chi connectivity index (χ0v) is 11.2. The average Bonchev–Trinajstić information content (AvgIpc) is 2.63. The van der Waals surface area contributed by atoms with E-state index in [1.807, 2.05) is 0 Å². The summed E-state index contributed by atoms with van der Waals surface area (Å²) in [6, 6.07) is 0. The van der Waals surface area contributed by atoms with Gasteiger partial charge in [-0.15, -0.1) is 0 Å². The van der Waals surface area contributed by atoms with Crippen molar-refractivity contribution in [3.05, 3.63) is 17.6 Å². The van der Waals surface area contributed by atoms with Crippen LogP contribution in [0.4, 0.5) is 5.82 Å². The van der Waals surface area contributed by atoms with Crippen LogP contribution in [0.25, 0.3) is 0 Å². The number of aromatic nitrogens is 2. The summed E-state index contributed by atoms with van der Waals surface area (Å²) in [6.07, 6.45) is 8.65. The minimum absolute atomic E-state index is 0.179. The van der Waals surface area contributed by atoms with E-state index in [0.717, 1.165) is 31.6 Å². The molecule has 100 valence electrons. The Morgan fingerprint density at radius 3 is 2.78 bits per heavy atom. The molecule has 0 aromatic carbocycles. The average molecular weight is 249 g/mol. The topological polar surface area (TPSA) is 49.2 Å². The number of fused-ring (bicyclic) bond motifs is 1. The van der Waals surface area contributed by atoms with E-state index >= 15 is 0 Å². The van der Waals surface area contributed by atoms with Crippen LogP contribution >= 0.6 is 0 Å². The smallest absolute Gasteiger partial charge is 0.135 e. The Hall–Kier alpha value is -1.16. The molecule has 0 aliphatic heterocycles. The second-order valence-corrected chi connectivity index (χ2v) is 4.89. The van der Waals surface area contributed by atoms with Crippen LogP contribution < -0.4 is 4.90 Å². The first-order valence-electron chi connectivity index (χ1n) is 7.05. The van der Waals surface area contributed by atoms with Crippen LogP contribution in [0.2, 0.25) is 0 Å². The molecule has 1 aromatic rings. The van der Waals surface area contributed by atoms with Gasteiger partial charge in [0.2, 0.25) is 0 Å². The number of anilines is 1. The molecular weight excluding hydrogens is 226 g/mol. The van der Waals surface area contributed by atoms with E-state index in [-0.39, 0.29) is 6.61 Å². The number of hydrogen-bond acceptors (Lipinski definition) is 4. The van der Waals surface area contributed by atoms with Crippen LogP contribution in [-0.2, 0) is 12.8 Å². The van der Waals surface area contributed by atoms with Crippen molar-refractivity contribution in [1.82, 2.24) is 9.97 Å². The number of hydrogen-bond donors (Lipinski definition) is 1. The molecule has 1 aliphatic carbocycles. The van der Waals surface area contributed by atoms with Crippen molar-refractivity contribution in [3.8, 4) is 0 Å². The lowest BCUT2D eigenvalue weighted by Crippen LogP contribution is -2.29. The molecule has 0 unspecified atom stereocenters. The summed E-state index contributed by atoms with van der Waals surface area (Å²) in [6.45, 7) is 3.95. The standard InChI is InChI=1S/C14H23N3O/c1-2-8-17(9-10-18)14-12-6-4-3-5-7-13(12)15-11-16-14/h11,18H,2-10H2,1H3. The van der Waals surface area contributed by atoms with Crippen LogP contribution in [0.15, 0.2) is 6.33 Å². The molecule has 1 aliphatic rings. The van der Waals surface area contributed by atoms with E-state index < -0.39 is 0 Å². The van der Waals surface area contributed by atoms with E-state index in [1.54, 1.807) is 6.33 Å². The Balaban J connectivity index is 2.30. The van der Waals surface area contributed by atoms with Gasteiger partial charge in [0.15, 0.2) is 0 Å². The van der Waals surface area contributed by atoms with Gasteiger partial charge >= 0.3 is 0 Å². The summed E-state index contributed by atoms with van der Waals surface area (Å²) in [4.78, 5) is 11.1. The minimum atomic E-state index is 0.179. The lowest BCUT2D eigenvalue weighted by atomic mass is 10.1. The molecule has 2 rings (SSSR count). The van der Waals surface area contributed by atoms with Crippen molar-refractivity contribution in [1.29, 1.82) is 0 Å². The molecule has 18 heavy (non-hydrogen) atoms. The molecule has 0 atom stereocenters. The second kappa shape index (κ2) is 6.69. The number of aliphatic hydroxyl groups excluding tert-OH is 1. The van der Waals surface area contributed by atoms with Crippen molar-refractivity contribution in [2.45, 2.75) is 45.4 Å². The lowest BCUT2D eigenvalue weighted by molar-refractivity contribution is 0.301. The Labute approximate surface area is 109 Å². The summed E-state index contributed by atoms with van der Waals surface area (Å²) in [5.41, 5.74) is 2.54. The monoisotopic (exact) mass is 249 g/mol. The maximum atomic E-state index is 9.20. The summed E-state index contributed by atoms with van der Waals surface area (Å²) >= 11 is 0. The Kier molecular flexibility index (Phi) is 4.93. The van der Waals surface area contributed by atoms with Crippen LogP contribution in [-0.4, -0.2) is 34.8 Å². The van der Waals surface area contributed by atoms with Crippen molar-refractivity contribution in [2.24, 2.45) is 0 Å². The van der Waals surface area contributed by atoms with E-state index in [1.165, 1.54) is 30.5 Å². The molecule has 4 heteroatoms. The van der Waals surface area contributed by atoms with Crippen molar-refractivity contribution in [3.63, 3.8) is 0 Å². The number of nitrogens with zero attached hydrogens (tertiary/aromatic N) is 3. The van der Waals surface area contributed by atoms with Crippen LogP contribution in [0, 0.1) is 0 Å². The summed E-state index contributed by atoms with van der Waals surface area (Å²) in [7, 11) is 0. The number of aryl methyl sites for hydroxylation is 1. The van der Waals surface area contributed by atoms with Crippen molar-refractivity contribution < 1.29 is 5.11 Å². The van der Waals surface area contributed by atoms with Gasteiger partial charge in [-0.2, -0.15) is 0 Å². The Morgan fingerprint density at radius 2 is 2.00 bits per heavy atom. The lowest BCUT2D eigenvalue weighted by Gasteiger charge is -2.25. The van der Waals surface area contributed by atoms with E-state index in [9.17, 15) is 5.11 Å². The van der Waals surface area contributed by atoms with Crippen LogP contribution in [0.3, 0.4) is 0 Å². The molecule has 0 saturated heterocycles. The maximum Gasteiger partial charge on any atom is 0.135 e. The largest absolute Gasteiger partial charge is 0.395 e. The molecule has 1 heterocycles. The number of aliphatic hydroxyl groups is 1. The molecular formula is C14H23N3O. The minimum Gasteiger partial charge on any atom is -0.395 e. The van der Waals surface area contributed by atoms with Gasteiger partial charge in [0, 0.05) is 24.3 Å².